The Morgan fingerprint density at radius 3 is 2.24 bits per heavy atom. The molecular weight excluding hydrogens is 360 g/mol. The lowest BCUT2D eigenvalue weighted by Gasteiger charge is -2.01. The fourth-order valence-electron chi connectivity index (χ4n) is 4.40. The lowest BCUT2D eigenvalue weighted by molar-refractivity contribution is 0.574. The van der Waals surface area contributed by atoms with Crippen molar-refractivity contribution in [2.75, 3.05) is 0 Å². The summed E-state index contributed by atoms with van der Waals surface area (Å²) in [7, 11) is 0. The van der Waals surface area contributed by atoms with Crippen molar-refractivity contribution >= 4 is 54.8 Å². The summed E-state index contributed by atoms with van der Waals surface area (Å²) in [5, 5.41) is 4.45. The molecule has 0 amide bonds. The average molecular weight is 374 g/mol. The largest absolute Gasteiger partial charge is 0.455 e. The Morgan fingerprint density at radius 1 is 0.586 bits per heavy atom. The number of para-hydroxylation sites is 4. The smallest absolute Gasteiger partial charge is 0.307 e. The number of hydrogen-bond acceptors (Lipinski definition) is 3. The average Bonchev–Trinajstić information content (AvgIpc) is 3.44. The Bertz CT molecular complexity index is 1680. The minimum Gasteiger partial charge on any atom is -0.455 e. The first kappa shape index (κ1) is 14.9. The Labute approximate surface area is 164 Å². The SMILES string of the molecule is c1ccc2oc(-n3c4ccccc4c4c5oc6ccccc6c5ccc43)nc2c1. The predicted molar refractivity (Wildman–Crippen MR) is 116 cm³/mol. The van der Waals surface area contributed by atoms with Crippen molar-refractivity contribution in [2.45, 2.75) is 0 Å². The molecule has 0 saturated heterocycles. The van der Waals surface area contributed by atoms with Gasteiger partial charge in [-0.25, -0.2) is 0 Å². The van der Waals surface area contributed by atoms with Crippen molar-refractivity contribution in [1.29, 1.82) is 0 Å². The highest BCUT2D eigenvalue weighted by Gasteiger charge is 2.20. The maximum absolute atomic E-state index is 6.32. The number of aromatic nitrogens is 2. The molecule has 0 fully saturated rings. The van der Waals surface area contributed by atoms with Gasteiger partial charge in [-0.1, -0.05) is 48.5 Å². The monoisotopic (exact) mass is 374 g/mol. The van der Waals surface area contributed by atoms with E-state index in [9.17, 15) is 0 Å². The summed E-state index contributed by atoms with van der Waals surface area (Å²) in [5.74, 6) is 0. The number of oxazole rings is 1. The van der Waals surface area contributed by atoms with Gasteiger partial charge in [-0.3, -0.25) is 4.57 Å². The zero-order valence-corrected chi connectivity index (χ0v) is 15.3. The third-order valence-electron chi connectivity index (χ3n) is 5.65. The van der Waals surface area contributed by atoms with Gasteiger partial charge in [0.1, 0.15) is 16.7 Å². The van der Waals surface area contributed by atoms with Crippen molar-refractivity contribution in [2.24, 2.45) is 0 Å². The molecule has 3 aromatic heterocycles. The molecule has 4 nitrogen and oxygen atoms in total. The normalized spacial score (nSPS) is 12.1. The van der Waals surface area contributed by atoms with Crippen LogP contribution in [0.1, 0.15) is 0 Å². The first-order chi connectivity index (χ1) is 14.4. The van der Waals surface area contributed by atoms with Crippen LogP contribution in [0.25, 0.3) is 60.9 Å². The van der Waals surface area contributed by atoms with E-state index in [1.807, 2.05) is 48.5 Å². The summed E-state index contributed by atoms with van der Waals surface area (Å²) in [6.07, 6.45) is 0. The van der Waals surface area contributed by atoms with Gasteiger partial charge in [-0.05, 0) is 36.4 Å². The molecule has 0 spiro atoms. The first-order valence-corrected chi connectivity index (χ1v) is 9.58. The van der Waals surface area contributed by atoms with Crippen LogP contribution in [0.15, 0.2) is 93.8 Å². The Kier molecular flexibility index (Phi) is 2.71. The van der Waals surface area contributed by atoms with Crippen LogP contribution in [-0.2, 0) is 0 Å². The number of nitrogens with zero attached hydrogens (tertiary/aromatic N) is 2. The standard InChI is InChI=1S/C25H14N2O2/c1-4-10-19-17(8-1)23-20(27(19)25-26-18-9-3-6-12-22(18)29-25)14-13-16-15-7-2-5-11-21(15)28-24(16)23/h1-14H. The highest BCUT2D eigenvalue weighted by molar-refractivity contribution is 6.23. The van der Waals surface area contributed by atoms with E-state index in [-0.39, 0.29) is 0 Å². The summed E-state index contributed by atoms with van der Waals surface area (Å²) >= 11 is 0. The molecule has 4 aromatic carbocycles. The van der Waals surface area contributed by atoms with Gasteiger partial charge in [0.25, 0.3) is 0 Å². The van der Waals surface area contributed by atoms with Crippen LogP contribution in [0, 0.1) is 0 Å². The number of fused-ring (bicyclic) bond motifs is 8. The molecule has 3 heterocycles. The van der Waals surface area contributed by atoms with E-state index >= 15 is 0 Å². The van der Waals surface area contributed by atoms with E-state index in [4.69, 9.17) is 13.8 Å². The molecule has 29 heavy (non-hydrogen) atoms. The van der Waals surface area contributed by atoms with Crippen molar-refractivity contribution in [3.05, 3.63) is 84.9 Å². The van der Waals surface area contributed by atoms with Crippen molar-refractivity contribution in [3.63, 3.8) is 0 Å². The van der Waals surface area contributed by atoms with Gasteiger partial charge in [0.2, 0.25) is 0 Å². The Morgan fingerprint density at radius 2 is 1.34 bits per heavy atom. The quantitative estimate of drug-likeness (QED) is 0.316. The second-order valence-corrected chi connectivity index (χ2v) is 7.25. The summed E-state index contributed by atoms with van der Waals surface area (Å²) < 4.78 is 14.5. The molecule has 0 saturated carbocycles. The van der Waals surface area contributed by atoms with Gasteiger partial charge < -0.3 is 8.83 Å². The van der Waals surface area contributed by atoms with Gasteiger partial charge in [0, 0.05) is 16.2 Å². The molecule has 0 unspecified atom stereocenters. The van der Waals surface area contributed by atoms with Gasteiger partial charge in [0.15, 0.2) is 5.58 Å². The minimum atomic E-state index is 0.563. The fourth-order valence-corrected chi connectivity index (χ4v) is 4.40. The number of benzene rings is 4. The molecule has 136 valence electrons. The van der Waals surface area contributed by atoms with Crippen LogP contribution < -0.4 is 0 Å². The van der Waals surface area contributed by atoms with E-state index in [1.165, 1.54) is 0 Å². The first-order valence-electron chi connectivity index (χ1n) is 9.58. The van der Waals surface area contributed by atoms with Crippen LogP contribution in [0.2, 0.25) is 0 Å². The van der Waals surface area contributed by atoms with Crippen LogP contribution in [0.3, 0.4) is 0 Å². The summed E-state index contributed by atoms with van der Waals surface area (Å²) in [6, 6.07) is 29.1. The second-order valence-electron chi connectivity index (χ2n) is 7.25. The van der Waals surface area contributed by atoms with Crippen molar-refractivity contribution in [1.82, 2.24) is 9.55 Å². The summed E-state index contributed by atoms with van der Waals surface area (Å²) in [6.45, 7) is 0. The van der Waals surface area contributed by atoms with Crippen molar-refractivity contribution in [3.8, 4) is 6.01 Å². The van der Waals surface area contributed by atoms with E-state index < -0.39 is 0 Å². The summed E-state index contributed by atoms with van der Waals surface area (Å²) in [4.78, 5) is 4.74. The molecular formula is C25H14N2O2. The molecule has 0 aliphatic rings. The third kappa shape index (κ3) is 1.90. The van der Waals surface area contributed by atoms with E-state index in [1.54, 1.807) is 0 Å². The number of furan rings is 1. The highest BCUT2D eigenvalue weighted by atomic mass is 16.4. The van der Waals surface area contributed by atoms with Crippen LogP contribution in [0.4, 0.5) is 0 Å². The van der Waals surface area contributed by atoms with Gasteiger partial charge >= 0.3 is 6.01 Å². The van der Waals surface area contributed by atoms with Gasteiger partial charge in [0.05, 0.1) is 16.4 Å². The topological polar surface area (TPSA) is 44.1 Å². The number of hydrogen-bond donors (Lipinski definition) is 0. The molecule has 0 bridgehead atoms. The maximum atomic E-state index is 6.32. The molecule has 0 N–H and O–H groups in total. The molecule has 4 heteroatoms. The lowest BCUT2D eigenvalue weighted by atomic mass is 10.1. The zero-order chi connectivity index (χ0) is 18.9. The molecule has 7 aromatic rings. The predicted octanol–water partition coefficient (Wildman–Crippen LogP) is 6.82. The molecule has 0 aliphatic heterocycles. The molecule has 0 radical (unpaired) electrons. The molecule has 7 rings (SSSR count). The minimum absolute atomic E-state index is 0.563. The van der Waals surface area contributed by atoms with Crippen LogP contribution in [-0.4, -0.2) is 9.55 Å². The van der Waals surface area contributed by atoms with Crippen LogP contribution in [0.5, 0.6) is 0 Å². The van der Waals surface area contributed by atoms with Crippen LogP contribution >= 0.6 is 0 Å². The van der Waals surface area contributed by atoms with E-state index in [0.717, 1.165) is 54.8 Å². The lowest BCUT2D eigenvalue weighted by Crippen LogP contribution is -1.93. The molecule has 0 atom stereocenters. The van der Waals surface area contributed by atoms with Crippen molar-refractivity contribution < 1.29 is 8.83 Å². The Balaban J connectivity index is 1.70. The maximum Gasteiger partial charge on any atom is 0.307 e. The highest BCUT2D eigenvalue weighted by Crippen LogP contribution is 2.40. The van der Waals surface area contributed by atoms with E-state index in [2.05, 4.69) is 41.0 Å². The Hall–Kier alpha value is -4.05. The van der Waals surface area contributed by atoms with E-state index in [0.29, 0.717) is 6.01 Å². The molecule has 0 aliphatic carbocycles. The van der Waals surface area contributed by atoms with Gasteiger partial charge in [-0.2, -0.15) is 4.98 Å². The number of rotatable bonds is 1. The van der Waals surface area contributed by atoms with Gasteiger partial charge in [-0.15, -0.1) is 0 Å². The summed E-state index contributed by atoms with van der Waals surface area (Å²) in [5.41, 5.74) is 5.48. The fraction of sp³-hybridized carbons (Fsp3) is 0. The zero-order valence-electron chi connectivity index (χ0n) is 15.3. The third-order valence-corrected chi connectivity index (χ3v) is 5.65. The second kappa shape index (κ2) is 5.26.